The smallest absolute Gasteiger partial charge is 0.253 e. The van der Waals surface area contributed by atoms with Gasteiger partial charge in [-0.2, -0.15) is 0 Å². The lowest BCUT2D eigenvalue weighted by Gasteiger charge is -2.13. The molecule has 0 fully saturated rings. The molecule has 0 unspecified atom stereocenters. The second-order valence-corrected chi connectivity index (χ2v) is 8.55. The van der Waals surface area contributed by atoms with Crippen LogP contribution in [0.4, 0.5) is 5.69 Å². The summed E-state index contributed by atoms with van der Waals surface area (Å²) in [6.07, 6.45) is 0. The van der Waals surface area contributed by atoms with Crippen LogP contribution in [0.5, 0.6) is 0 Å². The van der Waals surface area contributed by atoms with Crippen LogP contribution < -0.4 is 10.6 Å². The summed E-state index contributed by atoms with van der Waals surface area (Å²) in [6.45, 7) is 4.37. The van der Waals surface area contributed by atoms with E-state index < -0.39 is 0 Å². The fraction of sp³-hybridized carbons (Fsp3) is 0.273. The number of anilines is 1. The molecule has 3 aromatic rings. The molecular formula is C22H24ClN5O2S. The Bertz CT molecular complexity index is 1080. The number of amides is 2. The molecule has 1 heterocycles. The fourth-order valence-electron chi connectivity index (χ4n) is 2.96. The average molecular weight is 458 g/mol. The fourth-order valence-corrected chi connectivity index (χ4v) is 3.91. The Kier molecular flexibility index (Phi) is 7.70. The first-order valence-corrected chi connectivity index (χ1v) is 11.2. The van der Waals surface area contributed by atoms with Crippen molar-refractivity contribution >= 4 is 40.9 Å². The number of hydrogen-bond donors (Lipinski definition) is 2. The van der Waals surface area contributed by atoms with Gasteiger partial charge < -0.3 is 15.2 Å². The highest BCUT2D eigenvalue weighted by Gasteiger charge is 2.15. The van der Waals surface area contributed by atoms with E-state index >= 15 is 0 Å². The predicted molar refractivity (Wildman–Crippen MR) is 124 cm³/mol. The highest BCUT2D eigenvalue weighted by Crippen LogP contribution is 2.24. The van der Waals surface area contributed by atoms with Crippen LogP contribution >= 0.6 is 23.4 Å². The zero-order chi connectivity index (χ0) is 22.4. The number of para-hydroxylation sites is 1. The van der Waals surface area contributed by atoms with Gasteiger partial charge in [0.15, 0.2) is 11.0 Å². The largest absolute Gasteiger partial charge is 0.345 e. The van der Waals surface area contributed by atoms with Crippen LogP contribution in [-0.4, -0.2) is 32.3 Å². The Morgan fingerprint density at radius 3 is 2.55 bits per heavy atom. The van der Waals surface area contributed by atoms with Gasteiger partial charge in [0.2, 0.25) is 5.91 Å². The number of rotatable bonds is 8. The van der Waals surface area contributed by atoms with Gasteiger partial charge in [-0.1, -0.05) is 67.5 Å². The van der Waals surface area contributed by atoms with E-state index in [2.05, 4.69) is 34.7 Å². The SMILES string of the molecule is CC(C)c1ccccc1NC(=O)CSc1nnc(CNC(=O)c2ccccc2Cl)n1C. The molecule has 0 aliphatic rings. The van der Waals surface area contributed by atoms with Crippen molar-refractivity contribution in [3.63, 3.8) is 0 Å². The summed E-state index contributed by atoms with van der Waals surface area (Å²) in [7, 11) is 1.80. The number of benzene rings is 2. The molecule has 0 atom stereocenters. The Labute approximate surface area is 190 Å². The van der Waals surface area contributed by atoms with Crippen molar-refractivity contribution in [2.45, 2.75) is 31.5 Å². The third kappa shape index (κ3) is 5.86. The number of aromatic nitrogens is 3. The molecule has 31 heavy (non-hydrogen) atoms. The molecule has 7 nitrogen and oxygen atoms in total. The first kappa shape index (κ1) is 22.8. The minimum atomic E-state index is -0.286. The van der Waals surface area contributed by atoms with Gasteiger partial charge in [0.25, 0.3) is 5.91 Å². The van der Waals surface area contributed by atoms with E-state index in [0.29, 0.717) is 27.5 Å². The molecule has 0 saturated carbocycles. The number of nitrogens with zero attached hydrogens (tertiary/aromatic N) is 3. The zero-order valence-corrected chi connectivity index (χ0v) is 19.1. The number of nitrogens with one attached hydrogen (secondary N) is 2. The molecule has 9 heteroatoms. The molecule has 0 aliphatic heterocycles. The van der Waals surface area contributed by atoms with E-state index in [1.54, 1.807) is 35.9 Å². The second-order valence-electron chi connectivity index (χ2n) is 7.20. The van der Waals surface area contributed by atoms with Crippen molar-refractivity contribution in [3.05, 3.63) is 70.5 Å². The molecule has 2 amide bonds. The molecule has 2 N–H and O–H groups in total. The van der Waals surface area contributed by atoms with Crippen LogP contribution in [0.1, 0.15) is 41.5 Å². The number of carbonyl (C=O) groups is 2. The van der Waals surface area contributed by atoms with Gasteiger partial charge in [-0.05, 0) is 29.7 Å². The maximum absolute atomic E-state index is 12.4. The van der Waals surface area contributed by atoms with Gasteiger partial charge in [-0.3, -0.25) is 9.59 Å². The van der Waals surface area contributed by atoms with Gasteiger partial charge in [0.05, 0.1) is 22.9 Å². The van der Waals surface area contributed by atoms with Crippen molar-refractivity contribution in [2.75, 3.05) is 11.1 Å². The highest BCUT2D eigenvalue weighted by molar-refractivity contribution is 7.99. The maximum Gasteiger partial charge on any atom is 0.253 e. The topological polar surface area (TPSA) is 88.9 Å². The Morgan fingerprint density at radius 1 is 1.10 bits per heavy atom. The lowest BCUT2D eigenvalue weighted by molar-refractivity contribution is -0.113. The summed E-state index contributed by atoms with van der Waals surface area (Å²) in [5, 5.41) is 15.0. The molecule has 0 radical (unpaired) electrons. The van der Waals surface area contributed by atoms with Crippen molar-refractivity contribution in [1.29, 1.82) is 0 Å². The van der Waals surface area contributed by atoms with Crippen molar-refractivity contribution in [3.8, 4) is 0 Å². The molecule has 2 aromatic carbocycles. The minimum Gasteiger partial charge on any atom is -0.345 e. The molecule has 162 valence electrons. The third-order valence-corrected chi connectivity index (χ3v) is 5.99. The van der Waals surface area contributed by atoms with E-state index in [9.17, 15) is 9.59 Å². The summed E-state index contributed by atoms with van der Waals surface area (Å²) >= 11 is 7.34. The number of hydrogen-bond acceptors (Lipinski definition) is 5. The summed E-state index contributed by atoms with van der Waals surface area (Å²) in [5.41, 5.74) is 2.32. The average Bonchev–Trinajstić information content (AvgIpc) is 3.10. The van der Waals surface area contributed by atoms with Gasteiger partial charge >= 0.3 is 0 Å². The lowest BCUT2D eigenvalue weighted by Crippen LogP contribution is -2.24. The second kappa shape index (κ2) is 10.5. The van der Waals surface area contributed by atoms with Crippen LogP contribution in [0.3, 0.4) is 0 Å². The van der Waals surface area contributed by atoms with Crippen molar-refractivity contribution in [1.82, 2.24) is 20.1 Å². The minimum absolute atomic E-state index is 0.116. The molecule has 1 aromatic heterocycles. The number of thioether (sulfide) groups is 1. The summed E-state index contributed by atoms with van der Waals surface area (Å²) in [5.74, 6) is 0.685. The lowest BCUT2D eigenvalue weighted by atomic mass is 10.0. The zero-order valence-electron chi connectivity index (χ0n) is 17.6. The third-order valence-electron chi connectivity index (χ3n) is 4.64. The summed E-state index contributed by atoms with van der Waals surface area (Å²) in [6, 6.07) is 14.6. The predicted octanol–water partition coefficient (Wildman–Crippen LogP) is 4.25. The van der Waals surface area contributed by atoms with Crippen LogP contribution in [-0.2, 0) is 18.4 Å². The van der Waals surface area contributed by atoms with Gasteiger partial charge in [0.1, 0.15) is 0 Å². The Morgan fingerprint density at radius 2 is 1.81 bits per heavy atom. The Balaban J connectivity index is 1.55. The molecule has 0 bridgehead atoms. The first-order chi connectivity index (χ1) is 14.9. The molecule has 0 spiro atoms. The van der Waals surface area contributed by atoms with E-state index in [1.807, 2.05) is 24.3 Å². The van der Waals surface area contributed by atoms with E-state index in [0.717, 1.165) is 11.3 Å². The van der Waals surface area contributed by atoms with E-state index in [1.165, 1.54) is 11.8 Å². The summed E-state index contributed by atoms with van der Waals surface area (Å²) < 4.78 is 1.76. The summed E-state index contributed by atoms with van der Waals surface area (Å²) in [4.78, 5) is 24.7. The molecule has 0 aliphatic carbocycles. The Hall–Kier alpha value is -2.84. The van der Waals surface area contributed by atoms with Gasteiger partial charge in [-0.15, -0.1) is 10.2 Å². The molecular weight excluding hydrogens is 434 g/mol. The molecule has 0 saturated heterocycles. The quantitative estimate of drug-likeness (QED) is 0.493. The van der Waals surface area contributed by atoms with Crippen LogP contribution in [0, 0.1) is 0 Å². The standard InChI is InChI=1S/C22H24ClN5O2S/c1-14(2)15-8-5-7-11-18(15)25-20(29)13-31-22-27-26-19(28(22)3)12-24-21(30)16-9-4-6-10-17(16)23/h4-11,14H,12-13H2,1-3H3,(H,24,30)(H,25,29). The normalized spacial score (nSPS) is 10.9. The van der Waals surface area contributed by atoms with Gasteiger partial charge in [-0.25, -0.2) is 0 Å². The van der Waals surface area contributed by atoms with Crippen LogP contribution in [0.2, 0.25) is 5.02 Å². The monoisotopic (exact) mass is 457 g/mol. The van der Waals surface area contributed by atoms with Crippen LogP contribution in [0.25, 0.3) is 0 Å². The van der Waals surface area contributed by atoms with E-state index in [4.69, 9.17) is 11.6 Å². The highest BCUT2D eigenvalue weighted by atomic mass is 35.5. The van der Waals surface area contributed by atoms with E-state index in [-0.39, 0.29) is 24.1 Å². The van der Waals surface area contributed by atoms with Crippen molar-refractivity contribution < 1.29 is 9.59 Å². The molecule has 3 rings (SSSR count). The van der Waals surface area contributed by atoms with Crippen LogP contribution in [0.15, 0.2) is 53.7 Å². The number of carbonyl (C=O) groups excluding carboxylic acids is 2. The van der Waals surface area contributed by atoms with Crippen molar-refractivity contribution in [2.24, 2.45) is 7.05 Å². The maximum atomic E-state index is 12.4. The van der Waals surface area contributed by atoms with Gasteiger partial charge in [0, 0.05) is 12.7 Å². The number of halogens is 1. The first-order valence-electron chi connectivity index (χ1n) is 9.79.